The van der Waals surface area contributed by atoms with Crippen LogP contribution in [0.25, 0.3) is 0 Å². The molecule has 0 aromatic heterocycles. The zero-order chi connectivity index (χ0) is 22.2. The van der Waals surface area contributed by atoms with Gasteiger partial charge in [-0.05, 0) is 60.0 Å². The normalized spacial score (nSPS) is 15.9. The van der Waals surface area contributed by atoms with Gasteiger partial charge in [-0.15, -0.1) is 0 Å². The highest BCUT2D eigenvalue weighted by atomic mass is 16.6. The van der Waals surface area contributed by atoms with E-state index in [0.29, 0.717) is 6.54 Å². The van der Waals surface area contributed by atoms with E-state index >= 15 is 0 Å². The lowest BCUT2D eigenvalue weighted by Crippen LogP contribution is -2.35. The second kappa shape index (κ2) is 16.4. The Morgan fingerprint density at radius 3 is 1.76 bits per heavy atom. The molecule has 0 bridgehead atoms. The molecule has 0 heterocycles. The van der Waals surface area contributed by atoms with E-state index in [9.17, 15) is 9.59 Å². The van der Waals surface area contributed by atoms with Gasteiger partial charge in [-0.3, -0.25) is 9.59 Å². The van der Waals surface area contributed by atoms with Gasteiger partial charge < -0.3 is 14.4 Å². The summed E-state index contributed by atoms with van der Waals surface area (Å²) in [6, 6.07) is 0. The van der Waals surface area contributed by atoms with Crippen molar-refractivity contribution in [1.82, 2.24) is 4.90 Å². The Hall–Kier alpha value is -1.36. The highest BCUT2D eigenvalue weighted by Crippen LogP contribution is 2.15. The lowest BCUT2D eigenvalue weighted by Gasteiger charge is -2.24. The first-order valence-electron chi connectivity index (χ1n) is 11.4. The average molecular weight is 412 g/mol. The molecular formula is C24H45NO4. The fourth-order valence-corrected chi connectivity index (χ4v) is 2.99. The zero-order valence-corrected chi connectivity index (χ0v) is 19.9. The third-order valence-corrected chi connectivity index (χ3v) is 5.11. The van der Waals surface area contributed by atoms with Crippen molar-refractivity contribution in [2.24, 2.45) is 11.8 Å². The molecule has 4 atom stereocenters. The number of carbonyl (C=O) groups excluding carboxylic acids is 2. The zero-order valence-electron chi connectivity index (χ0n) is 19.9. The molecule has 0 rings (SSSR count). The van der Waals surface area contributed by atoms with Crippen LogP contribution in [0.3, 0.4) is 0 Å². The number of esters is 2. The van der Waals surface area contributed by atoms with Gasteiger partial charge in [0.1, 0.15) is 12.2 Å². The molecule has 0 fully saturated rings. The average Bonchev–Trinajstić information content (AvgIpc) is 2.65. The van der Waals surface area contributed by atoms with Gasteiger partial charge in [0.25, 0.3) is 0 Å². The first kappa shape index (κ1) is 27.6. The minimum absolute atomic E-state index is 0.137. The highest BCUT2D eigenvalue weighted by molar-refractivity contribution is 5.73. The molecule has 0 radical (unpaired) electrons. The quantitative estimate of drug-likeness (QED) is 0.194. The van der Waals surface area contributed by atoms with Gasteiger partial charge in [-0.25, -0.2) is 0 Å². The van der Waals surface area contributed by atoms with Crippen LogP contribution in [0.2, 0.25) is 0 Å². The van der Waals surface area contributed by atoms with E-state index in [1.165, 1.54) is 25.7 Å². The Kier molecular flexibility index (Phi) is 15.7. The summed E-state index contributed by atoms with van der Waals surface area (Å²) in [5.41, 5.74) is 0. The molecule has 5 heteroatoms. The van der Waals surface area contributed by atoms with Crippen molar-refractivity contribution < 1.29 is 19.1 Å². The van der Waals surface area contributed by atoms with E-state index in [1.807, 2.05) is 32.8 Å². The maximum atomic E-state index is 12.3. The van der Waals surface area contributed by atoms with Crippen LogP contribution in [0.5, 0.6) is 0 Å². The van der Waals surface area contributed by atoms with Crippen LogP contribution in [0, 0.1) is 11.8 Å². The maximum absolute atomic E-state index is 12.3. The Morgan fingerprint density at radius 1 is 0.793 bits per heavy atom. The number of hydrogen-bond donors (Lipinski definition) is 0. The predicted molar refractivity (Wildman–Crippen MR) is 120 cm³/mol. The summed E-state index contributed by atoms with van der Waals surface area (Å²) >= 11 is 0. The van der Waals surface area contributed by atoms with Gasteiger partial charge in [-0.2, -0.15) is 0 Å². The molecule has 0 saturated heterocycles. The summed E-state index contributed by atoms with van der Waals surface area (Å²) in [4.78, 5) is 26.4. The van der Waals surface area contributed by atoms with Gasteiger partial charge in [0.2, 0.25) is 0 Å². The number of unbranched alkanes of at least 4 members (excludes halogenated alkanes) is 5. The molecule has 0 amide bonds. The number of rotatable bonds is 16. The number of nitrogens with zero attached hydrogens (tertiary/aromatic N) is 1. The smallest absolute Gasteiger partial charge is 0.310 e. The third kappa shape index (κ3) is 14.3. The number of allylic oxidation sites excluding steroid dienone is 2. The summed E-state index contributed by atoms with van der Waals surface area (Å²) in [5, 5.41) is 0. The first-order valence-corrected chi connectivity index (χ1v) is 11.4. The minimum Gasteiger partial charge on any atom is -0.459 e. The van der Waals surface area contributed by atoms with Crippen molar-refractivity contribution in [3.8, 4) is 0 Å². The fourth-order valence-electron chi connectivity index (χ4n) is 2.99. The monoisotopic (exact) mass is 411 g/mol. The second-order valence-electron chi connectivity index (χ2n) is 8.60. The predicted octanol–water partition coefficient (Wildman–Crippen LogP) is 5.38. The molecule has 0 spiro atoms. The first-order chi connectivity index (χ1) is 13.7. The summed E-state index contributed by atoms with van der Waals surface area (Å²) in [6.07, 6.45) is 12.6. The van der Waals surface area contributed by atoms with Crippen molar-refractivity contribution in [3.05, 3.63) is 12.2 Å². The Morgan fingerprint density at radius 2 is 1.28 bits per heavy atom. The molecular weight excluding hydrogens is 366 g/mol. The molecule has 170 valence electrons. The lowest BCUT2D eigenvalue weighted by molar-refractivity contribution is -0.170. The maximum Gasteiger partial charge on any atom is 0.310 e. The molecule has 0 aromatic rings. The van der Waals surface area contributed by atoms with Crippen LogP contribution in [-0.4, -0.2) is 49.7 Å². The van der Waals surface area contributed by atoms with Crippen LogP contribution in [-0.2, 0) is 19.1 Å². The Bertz CT molecular complexity index is 476. The molecule has 0 aliphatic heterocycles. The molecule has 0 aliphatic carbocycles. The lowest BCUT2D eigenvalue weighted by atomic mass is 10.0. The Balaban J connectivity index is 4.06. The van der Waals surface area contributed by atoms with E-state index in [-0.39, 0.29) is 23.8 Å². The largest absolute Gasteiger partial charge is 0.459 e. The van der Waals surface area contributed by atoms with Gasteiger partial charge >= 0.3 is 11.9 Å². The SMILES string of the molecule is CCCCC/C=C/CCCCC(C)C(=O)OC(C)C(C)OC(=O)C(C)CN(C)C. The summed E-state index contributed by atoms with van der Waals surface area (Å²) in [5.74, 6) is -0.821. The van der Waals surface area contributed by atoms with E-state index in [1.54, 1.807) is 13.8 Å². The van der Waals surface area contributed by atoms with Crippen LogP contribution in [0.15, 0.2) is 12.2 Å². The van der Waals surface area contributed by atoms with Crippen LogP contribution < -0.4 is 0 Å². The molecule has 0 aromatic carbocycles. The van der Waals surface area contributed by atoms with Crippen LogP contribution in [0.4, 0.5) is 0 Å². The third-order valence-electron chi connectivity index (χ3n) is 5.11. The van der Waals surface area contributed by atoms with Crippen molar-refractivity contribution >= 4 is 11.9 Å². The van der Waals surface area contributed by atoms with Crippen LogP contribution in [0.1, 0.15) is 86.0 Å². The van der Waals surface area contributed by atoms with Crippen molar-refractivity contribution in [2.45, 2.75) is 98.2 Å². The summed E-state index contributed by atoms with van der Waals surface area (Å²) in [6.45, 7) is 10.2. The van der Waals surface area contributed by atoms with Crippen molar-refractivity contribution in [3.63, 3.8) is 0 Å². The molecule has 4 unspecified atom stereocenters. The standard InChI is InChI=1S/C24H45NO4/c1-8-9-10-11-12-13-14-15-16-17-19(2)23(26)28-21(4)22(5)29-24(27)20(3)18-25(6)7/h12-13,19-22H,8-11,14-18H2,1-7H3/b13-12+. The van der Waals surface area contributed by atoms with Gasteiger partial charge in [0.15, 0.2) is 0 Å². The fraction of sp³-hybridized carbons (Fsp3) is 0.833. The van der Waals surface area contributed by atoms with Crippen molar-refractivity contribution in [1.29, 1.82) is 0 Å². The Labute approximate surface area is 179 Å². The number of carbonyl (C=O) groups is 2. The van der Waals surface area contributed by atoms with Gasteiger partial charge in [0.05, 0.1) is 11.8 Å². The van der Waals surface area contributed by atoms with E-state index in [2.05, 4.69) is 19.1 Å². The van der Waals surface area contributed by atoms with Crippen molar-refractivity contribution in [2.75, 3.05) is 20.6 Å². The molecule has 5 nitrogen and oxygen atoms in total. The molecule has 0 saturated carbocycles. The topological polar surface area (TPSA) is 55.8 Å². The molecule has 0 aliphatic rings. The summed E-state index contributed by atoms with van der Waals surface area (Å²) < 4.78 is 11.0. The molecule has 29 heavy (non-hydrogen) atoms. The minimum atomic E-state index is -0.457. The van der Waals surface area contributed by atoms with E-state index in [4.69, 9.17) is 9.47 Å². The van der Waals surface area contributed by atoms with E-state index < -0.39 is 12.2 Å². The van der Waals surface area contributed by atoms with Crippen LogP contribution >= 0.6 is 0 Å². The van der Waals surface area contributed by atoms with E-state index in [0.717, 1.165) is 25.7 Å². The highest BCUT2D eigenvalue weighted by Gasteiger charge is 2.25. The molecule has 0 N–H and O–H groups in total. The second-order valence-corrected chi connectivity index (χ2v) is 8.60. The van der Waals surface area contributed by atoms with Gasteiger partial charge in [0, 0.05) is 6.54 Å². The number of hydrogen-bond acceptors (Lipinski definition) is 5. The summed E-state index contributed by atoms with van der Waals surface area (Å²) in [7, 11) is 3.84. The number of ether oxygens (including phenoxy) is 2. The van der Waals surface area contributed by atoms with Gasteiger partial charge in [-0.1, -0.05) is 52.2 Å².